The molecule has 0 spiro atoms. The lowest BCUT2D eigenvalue weighted by Gasteiger charge is -2.28. The number of ether oxygens (including phenoxy) is 1. The summed E-state index contributed by atoms with van der Waals surface area (Å²) in [5.74, 6) is -0.311. The Hall–Kier alpha value is -3.40. The first kappa shape index (κ1) is 23.0. The van der Waals surface area contributed by atoms with Crippen molar-refractivity contribution >= 4 is 11.2 Å². The number of hydrogen-bond donors (Lipinski definition) is 0. The molecule has 7 nitrogen and oxygen atoms in total. The van der Waals surface area contributed by atoms with E-state index in [0.717, 1.165) is 24.5 Å². The van der Waals surface area contributed by atoms with Gasteiger partial charge in [-0.05, 0) is 51.7 Å². The van der Waals surface area contributed by atoms with Crippen LogP contribution in [0.3, 0.4) is 0 Å². The third-order valence-corrected chi connectivity index (χ3v) is 7.02. The van der Waals surface area contributed by atoms with Gasteiger partial charge in [-0.1, -0.05) is 6.07 Å². The van der Waals surface area contributed by atoms with Gasteiger partial charge in [0.2, 0.25) is 0 Å². The number of halogens is 3. The highest BCUT2D eigenvalue weighted by atomic mass is 19.3. The van der Waals surface area contributed by atoms with E-state index in [0.29, 0.717) is 53.9 Å². The molecule has 0 radical (unpaired) electrons. The first-order chi connectivity index (χ1) is 17.4. The van der Waals surface area contributed by atoms with Gasteiger partial charge in [-0.2, -0.15) is 5.10 Å². The highest BCUT2D eigenvalue weighted by Gasteiger charge is 2.31. The van der Waals surface area contributed by atoms with E-state index in [1.54, 1.807) is 6.92 Å². The molecule has 2 atom stereocenters. The summed E-state index contributed by atoms with van der Waals surface area (Å²) in [6.45, 7) is 4.17. The summed E-state index contributed by atoms with van der Waals surface area (Å²) in [7, 11) is 0. The average Bonchev–Trinajstić information content (AvgIpc) is 3.60. The Kier molecular flexibility index (Phi) is 5.70. The van der Waals surface area contributed by atoms with E-state index in [9.17, 15) is 8.78 Å². The molecule has 6 rings (SSSR count). The fraction of sp³-hybridized carbons (Fsp3) is 0.423. The molecule has 1 aromatic carbocycles. The van der Waals surface area contributed by atoms with Crippen LogP contribution in [-0.4, -0.2) is 36.3 Å². The topological polar surface area (TPSA) is 78.6 Å². The smallest absolute Gasteiger partial charge is 0.263 e. The molecule has 186 valence electrons. The maximum absolute atomic E-state index is 15.1. The van der Waals surface area contributed by atoms with Crippen molar-refractivity contribution in [3.63, 3.8) is 0 Å². The van der Waals surface area contributed by atoms with Crippen molar-refractivity contribution in [3.05, 3.63) is 64.7 Å². The Morgan fingerprint density at radius 2 is 1.83 bits per heavy atom. The fourth-order valence-electron chi connectivity index (χ4n) is 4.68. The van der Waals surface area contributed by atoms with Crippen LogP contribution in [0.25, 0.3) is 22.4 Å². The van der Waals surface area contributed by atoms with E-state index in [2.05, 4.69) is 21.3 Å². The predicted molar refractivity (Wildman–Crippen MR) is 126 cm³/mol. The first-order valence-corrected chi connectivity index (χ1v) is 12.1. The number of nitrogens with zero attached hydrogens (tertiary/aromatic N) is 6. The Morgan fingerprint density at radius 3 is 2.58 bits per heavy atom. The van der Waals surface area contributed by atoms with E-state index in [-0.39, 0.29) is 28.8 Å². The number of aryl methyl sites for hydroxylation is 2. The molecular formula is C26H25F3N6O. The Balaban J connectivity index is 1.41. The zero-order chi connectivity index (χ0) is 25.0. The minimum atomic E-state index is -2.76. The monoisotopic (exact) mass is 494 g/mol. The fourth-order valence-corrected chi connectivity index (χ4v) is 4.68. The zero-order valence-corrected chi connectivity index (χ0v) is 20.0. The SMILES string of the molecule is Cc1nc2nc(C3CCOC(c4cnn(C5CC5)c4)C3)nc(-c3ccc(C(F)F)cc3F)c2nc1C. The van der Waals surface area contributed by atoms with E-state index < -0.39 is 12.2 Å². The Bertz CT molecular complexity index is 1450. The predicted octanol–water partition coefficient (Wildman–Crippen LogP) is 5.95. The minimum Gasteiger partial charge on any atom is -0.373 e. The number of rotatable bonds is 5. The summed E-state index contributed by atoms with van der Waals surface area (Å²) in [5.41, 5.74) is 3.08. The van der Waals surface area contributed by atoms with Crippen molar-refractivity contribution in [1.82, 2.24) is 29.7 Å². The van der Waals surface area contributed by atoms with Gasteiger partial charge in [0.15, 0.2) is 5.65 Å². The van der Waals surface area contributed by atoms with Crippen LogP contribution in [-0.2, 0) is 4.74 Å². The molecule has 0 amide bonds. The van der Waals surface area contributed by atoms with Crippen molar-refractivity contribution in [2.75, 3.05) is 6.61 Å². The maximum atomic E-state index is 15.1. The van der Waals surface area contributed by atoms with Crippen LogP contribution in [0.4, 0.5) is 13.2 Å². The van der Waals surface area contributed by atoms with Gasteiger partial charge in [0.1, 0.15) is 22.9 Å². The molecule has 2 fully saturated rings. The van der Waals surface area contributed by atoms with Crippen LogP contribution in [0.15, 0.2) is 30.6 Å². The van der Waals surface area contributed by atoms with E-state index in [1.807, 2.05) is 17.8 Å². The summed E-state index contributed by atoms with van der Waals surface area (Å²) in [4.78, 5) is 18.7. The summed E-state index contributed by atoms with van der Waals surface area (Å²) in [6.07, 6.45) is 4.64. The zero-order valence-electron chi connectivity index (χ0n) is 20.0. The van der Waals surface area contributed by atoms with Crippen LogP contribution in [0.5, 0.6) is 0 Å². The van der Waals surface area contributed by atoms with Gasteiger partial charge in [0.25, 0.3) is 6.43 Å². The molecule has 4 heterocycles. The van der Waals surface area contributed by atoms with E-state index >= 15 is 4.39 Å². The van der Waals surface area contributed by atoms with Gasteiger partial charge in [-0.3, -0.25) is 4.68 Å². The average molecular weight is 495 g/mol. The lowest BCUT2D eigenvalue weighted by molar-refractivity contribution is 0.00396. The third-order valence-electron chi connectivity index (χ3n) is 7.02. The van der Waals surface area contributed by atoms with Gasteiger partial charge >= 0.3 is 0 Å². The van der Waals surface area contributed by atoms with Gasteiger partial charge < -0.3 is 4.74 Å². The molecule has 2 unspecified atom stereocenters. The van der Waals surface area contributed by atoms with Crippen molar-refractivity contribution in [2.24, 2.45) is 0 Å². The highest BCUT2D eigenvalue weighted by Crippen LogP contribution is 2.40. The molecule has 1 aliphatic heterocycles. The van der Waals surface area contributed by atoms with Crippen molar-refractivity contribution in [3.8, 4) is 11.3 Å². The molecular weight excluding hydrogens is 469 g/mol. The molecule has 4 aromatic rings. The van der Waals surface area contributed by atoms with Crippen LogP contribution < -0.4 is 0 Å². The van der Waals surface area contributed by atoms with Crippen LogP contribution >= 0.6 is 0 Å². The van der Waals surface area contributed by atoms with Crippen LogP contribution in [0.2, 0.25) is 0 Å². The largest absolute Gasteiger partial charge is 0.373 e. The minimum absolute atomic E-state index is 0.0528. The molecule has 2 aliphatic rings. The second-order valence-corrected chi connectivity index (χ2v) is 9.60. The van der Waals surface area contributed by atoms with E-state index in [1.165, 1.54) is 12.1 Å². The quantitative estimate of drug-likeness (QED) is 0.341. The molecule has 1 saturated carbocycles. The number of alkyl halides is 2. The van der Waals surface area contributed by atoms with Crippen LogP contribution in [0.1, 0.15) is 78.5 Å². The van der Waals surface area contributed by atoms with Crippen molar-refractivity contribution < 1.29 is 17.9 Å². The Labute approximate surface area is 205 Å². The number of benzene rings is 1. The maximum Gasteiger partial charge on any atom is 0.263 e. The molecule has 36 heavy (non-hydrogen) atoms. The summed E-state index contributed by atoms with van der Waals surface area (Å²) >= 11 is 0. The lowest BCUT2D eigenvalue weighted by atomic mass is 9.92. The summed E-state index contributed by atoms with van der Waals surface area (Å²) < 4.78 is 49.4. The van der Waals surface area contributed by atoms with Gasteiger partial charge in [-0.25, -0.2) is 33.1 Å². The standard InChI is InChI=1S/C26H25F3N6O/c1-13-14(2)32-26-23(31-13)22(19-6-3-15(24(28)29)9-20(19)27)33-25(34-26)16-7-8-36-21(10-16)17-11-30-35(12-17)18-4-5-18/h3,6,9,11-12,16,18,21,24H,4-5,7-8,10H2,1-2H3. The summed E-state index contributed by atoms with van der Waals surface area (Å²) in [6, 6.07) is 3.89. The lowest BCUT2D eigenvalue weighted by Crippen LogP contribution is -2.20. The number of aromatic nitrogens is 6. The first-order valence-electron chi connectivity index (χ1n) is 12.1. The molecule has 0 bridgehead atoms. The molecule has 3 aromatic heterocycles. The number of hydrogen-bond acceptors (Lipinski definition) is 6. The van der Waals surface area contributed by atoms with Gasteiger partial charge in [0.05, 0.1) is 29.7 Å². The second-order valence-electron chi connectivity index (χ2n) is 9.60. The normalized spacial score (nSPS) is 20.4. The van der Waals surface area contributed by atoms with Gasteiger partial charge in [0, 0.05) is 35.4 Å². The molecule has 0 N–H and O–H groups in total. The number of fused-ring (bicyclic) bond motifs is 1. The van der Waals surface area contributed by atoms with Crippen molar-refractivity contribution in [1.29, 1.82) is 0 Å². The summed E-state index contributed by atoms with van der Waals surface area (Å²) in [5, 5.41) is 4.49. The van der Waals surface area contributed by atoms with Gasteiger partial charge in [-0.15, -0.1) is 0 Å². The highest BCUT2D eigenvalue weighted by molar-refractivity contribution is 5.87. The van der Waals surface area contributed by atoms with Crippen molar-refractivity contribution in [2.45, 2.75) is 64.0 Å². The Morgan fingerprint density at radius 1 is 1.03 bits per heavy atom. The molecule has 1 saturated heterocycles. The molecule has 10 heteroatoms. The van der Waals surface area contributed by atoms with Crippen LogP contribution in [0, 0.1) is 19.7 Å². The molecule has 1 aliphatic carbocycles. The van der Waals surface area contributed by atoms with E-state index in [4.69, 9.17) is 14.7 Å². The second kappa shape index (κ2) is 8.92. The third kappa shape index (κ3) is 4.23.